The molecule has 0 aromatic heterocycles. The Morgan fingerprint density at radius 3 is 1.65 bits per heavy atom. The van der Waals surface area contributed by atoms with Gasteiger partial charge in [0.25, 0.3) is 0 Å². The van der Waals surface area contributed by atoms with Crippen molar-refractivity contribution in [1.29, 1.82) is 0 Å². The van der Waals surface area contributed by atoms with E-state index < -0.39 is 0 Å². The SMILES string of the molecule is Cc1ccc([I-]c2ccc(C(C)(C)c3ccccc3)cc2)cc1. The molecule has 3 aromatic rings. The van der Waals surface area contributed by atoms with Gasteiger partial charge in [-0.2, -0.15) is 0 Å². The molecule has 23 heavy (non-hydrogen) atoms. The zero-order valence-electron chi connectivity index (χ0n) is 13.9. The van der Waals surface area contributed by atoms with Gasteiger partial charge in [-0.25, -0.2) is 0 Å². The Morgan fingerprint density at radius 1 is 0.609 bits per heavy atom. The molecule has 0 saturated carbocycles. The van der Waals surface area contributed by atoms with Crippen molar-refractivity contribution < 1.29 is 21.2 Å². The van der Waals surface area contributed by atoms with Gasteiger partial charge >= 0.3 is 150 Å². The molecule has 0 unspecified atom stereocenters. The van der Waals surface area contributed by atoms with E-state index in [2.05, 4.69) is 99.6 Å². The van der Waals surface area contributed by atoms with Crippen molar-refractivity contribution in [3.8, 4) is 0 Å². The zero-order chi connectivity index (χ0) is 16.3. The molecule has 0 radical (unpaired) electrons. The van der Waals surface area contributed by atoms with E-state index in [1.54, 1.807) is 0 Å². The summed E-state index contributed by atoms with van der Waals surface area (Å²) in [5, 5.41) is 0. The predicted molar refractivity (Wildman–Crippen MR) is 93.6 cm³/mol. The minimum atomic E-state index is -0.0888. The summed E-state index contributed by atoms with van der Waals surface area (Å²) in [6.45, 7) is 6.74. The van der Waals surface area contributed by atoms with E-state index in [9.17, 15) is 0 Å². The normalized spacial score (nSPS) is 11.6. The third-order valence-electron chi connectivity index (χ3n) is 4.29. The topological polar surface area (TPSA) is 0 Å². The first-order chi connectivity index (χ1) is 11.1. The van der Waals surface area contributed by atoms with Gasteiger partial charge in [-0.3, -0.25) is 0 Å². The van der Waals surface area contributed by atoms with Gasteiger partial charge in [0.1, 0.15) is 0 Å². The number of hydrogen-bond donors (Lipinski definition) is 0. The standard InChI is InChI=1S/C22H22I/c1-17-9-13-20(14-10-17)23-21-15-11-19(12-16-21)22(2,3)18-7-5-4-6-8-18/h4-16H,1-3H3/q-1. The Kier molecular flexibility index (Phi) is 4.86. The van der Waals surface area contributed by atoms with E-state index in [0.29, 0.717) is 0 Å². The van der Waals surface area contributed by atoms with Crippen molar-refractivity contribution in [3.05, 3.63) is 103 Å². The summed E-state index contributed by atoms with van der Waals surface area (Å²) in [6.07, 6.45) is 0. The van der Waals surface area contributed by atoms with Gasteiger partial charge in [0.15, 0.2) is 0 Å². The van der Waals surface area contributed by atoms with Crippen molar-refractivity contribution >= 4 is 0 Å². The maximum absolute atomic E-state index is 2.31. The second-order valence-corrected chi connectivity index (χ2v) is 9.42. The number of rotatable bonds is 4. The van der Waals surface area contributed by atoms with Gasteiger partial charge < -0.3 is 0 Å². The first kappa shape index (κ1) is 16.3. The molecule has 0 heterocycles. The van der Waals surface area contributed by atoms with Gasteiger partial charge in [-0.05, 0) is 0 Å². The molecule has 0 saturated heterocycles. The quantitative estimate of drug-likeness (QED) is 0.577. The first-order valence-electron chi connectivity index (χ1n) is 7.93. The maximum atomic E-state index is 2.31. The van der Waals surface area contributed by atoms with Crippen molar-refractivity contribution in [2.24, 2.45) is 0 Å². The molecule has 118 valence electrons. The van der Waals surface area contributed by atoms with Crippen molar-refractivity contribution in [1.82, 2.24) is 0 Å². The summed E-state index contributed by atoms with van der Waals surface area (Å²) >= 11 is -0.0888. The summed E-state index contributed by atoms with van der Waals surface area (Å²) in [4.78, 5) is 0. The van der Waals surface area contributed by atoms with Crippen LogP contribution in [-0.4, -0.2) is 0 Å². The van der Waals surface area contributed by atoms with Crippen molar-refractivity contribution in [2.45, 2.75) is 26.2 Å². The summed E-state index contributed by atoms with van der Waals surface area (Å²) in [6, 6.07) is 28.9. The van der Waals surface area contributed by atoms with Crippen molar-refractivity contribution in [2.75, 3.05) is 0 Å². The van der Waals surface area contributed by atoms with Gasteiger partial charge in [0, 0.05) is 0 Å². The molecule has 0 N–H and O–H groups in total. The number of benzene rings is 3. The molecule has 0 amide bonds. The molecule has 1 heteroatoms. The van der Waals surface area contributed by atoms with E-state index in [-0.39, 0.29) is 26.6 Å². The molecule has 0 atom stereocenters. The molecule has 3 aromatic carbocycles. The average Bonchev–Trinajstić information content (AvgIpc) is 2.58. The molecular weight excluding hydrogens is 391 g/mol. The Hall–Kier alpha value is -1.61. The van der Waals surface area contributed by atoms with E-state index in [1.807, 2.05) is 0 Å². The molecule has 0 aliphatic carbocycles. The Labute approximate surface area is 149 Å². The molecule has 0 fully saturated rings. The second-order valence-electron chi connectivity index (χ2n) is 6.39. The van der Waals surface area contributed by atoms with Crippen LogP contribution < -0.4 is 21.2 Å². The Bertz CT molecular complexity index is 753. The van der Waals surface area contributed by atoms with Crippen LogP contribution in [-0.2, 0) is 5.41 Å². The molecule has 0 bridgehead atoms. The Balaban J connectivity index is 1.80. The van der Waals surface area contributed by atoms with Crippen LogP contribution >= 0.6 is 0 Å². The van der Waals surface area contributed by atoms with Crippen molar-refractivity contribution in [3.63, 3.8) is 0 Å². The molecule has 0 nitrogen and oxygen atoms in total. The monoisotopic (exact) mass is 413 g/mol. The number of hydrogen-bond acceptors (Lipinski definition) is 0. The summed E-state index contributed by atoms with van der Waals surface area (Å²) in [5.41, 5.74) is 4.11. The average molecular weight is 413 g/mol. The van der Waals surface area contributed by atoms with Gasteiger partial charge in [-0.1, -0.05) is 0 Å². The molecule has 0 spiro atoms. The summed E-state index contributed by atoms with van der Waals surface area (Å²) in [7, 11) is 0. The second kappa shape index (κ2) is 6.88. The fourth-order valence-electron chi connectivity index (χ4n) is 2.67. The molecule has 0 aliphatic heterocycles. The fourth-order valence-corrected chi connectivity index (χ4v) is 4.83. The van der Waals surface area contributed by atoms with Crippen LogP contribution in [0.2, 0.25) is 0 Å². The van der Waals surface area contributed by atoms with Crippen LogP contribution in [0.4, 0.5) is 0 Å². The van der Waals surface area contributed by atoms with Gasteiger partial charge in [0.05, 0.1) is 0 Å². The first-order valence-corrected chi connectivity index (χ1v) is 10.1. The summed E-state index contributed by atoms with van der Waals surface area (Å²) in [5.74, 6) is 0. The third kappa shape index (κ3) is 3.84. The fraction of sp³-hybridized carbons (Fsp3) is 0.182. The van der Waals surface area contributed by atoms with E-state index >= 15 is 0 Å². The minimum absolute atomic E-state index is 0.0436. The van der Waals surface area contributed by atoms with Gasteiger partial charge in [-0.15, -0.1) is 0 Å². The molecule has 3 rings (SSSR count). The van der Waals surface area contributed by atoms with E-state index in [4.69, 9.17) is 0 Å². The number of aryl methyl sites for hydroxylation is 1. The third-order valence-corrected chi connectivity index (χ3v) is 6.97. The molecule has 0 aliphatic rings. The van der Waals surface area contributed by atoms with E-state index in [1.165, 1.54) is 23.8 Å². The molecular formula is C22H22I-. The predicted octanol–water partition coefficient (Wildman–Crippen LogP) is 2.45. The van der Waals surface area contributed by atoms with Crippen LogP contribution in [0.15, 0.2) is 78.9 Å². The zero-order valence-corrected chi connectivity index (χ0v) is 16.0. The summed E-state index contributed by atoms with van der Waals surface area (Å²) < 4.78 is 2.95. The van der Waals surface area contributed by atoms with Crippen LogP contribution in [0, 0.1) is 14.1 Å². The van der Waals surface area contributed by atoms with Crippen LogP contribution in [0.1, 0.15) is 30.5 Å². The van der Waals surface area contributed by atoms with Crippen LogP contribution in [0.25, 0.3) is 0 Å². The number of halogens is 1. The Morgan fingerprint density at radius 2 is 1.09 bits per heavy atom. The van der Waals surface area contributed by atoms with Crippen LogP contribution in [0.5, 0.6) is 0 Å². The van der Waals surface area contributed by atoms with Gasteiger partial charge in [0.2, 0.25) is 0 Å². The van der Waals surface area contributed by atoms with Crippen LogP contribution in [0.3, 0.4) is 0 Å². The van der Waals surface area contributed by atoms with E-state index in [0.717, 1.165) is 0 Å².